The van der Waals surface area contributed by atoms with Crippen LogP contribution in [0, 0.1) is 12.8 Å². The van der Waals surface area contributed by atoms with Gasteiger partial charge >= 0.3 is 0 Å². The van der Waals surface area contributed by atoms with Crippen LogP contribution in [0.25, 0.3) is 21.1 Å². The maximum atomic E-state index is 6.22. The van der Waals surface area contributed by atoms with E-state index in [4.69, 9.17) is 4.74 Å². The van der Waals surface area contributed by atoms with E-state index in [0.717, 1.165) is 39.1 Å². The Morgan fingerprint density at radius 1 is 1.25 bits per heavy atom. The molecule has 0 radical (unpaired) electrons. The summed E-state index contributed by atoms with van der Waals surface area (Å²) in [5.41, 5.74) is 2.20. The van der Waals surface area contributed by atoms with Crippen LogP contribution in [0.1, 0.15) is 25.2 Å². The van der Waals surface area contributed by atoms with Crippen molar-refractivity contribution < 1.29 is 4.74 Å². The molecular formula is C18H18N4OS. The normalized spacial score (nSPS) is 11.7. The van der Waals surface area contributed by atoms with Crippen molar-refractivity contribution in [1.29, 1.82) is 0 Å². The topological polar surface area (TPSA) is 63.7 Å². The zero-order valence-corrected chi connectivity index (χ0v) is 14.6. The Hall–Kier alpha value is -2.47. The number of nitrogens with one attached hydrogen (secondary N) is 1. The van der Waals surface area contributed by atoms with Crippen LogP contribution in [0.2, 0.25) is 0 Å². The number of aromatic amines is 1. The predicted octanol–water partition coefficient (Wildman–Crippen LogP) is 4.87. The van der Waals surface area contributed by atoms with Gasteiger partial charge in [0.05, 0.1) is 22.5 Å². The summed E-state index contributed by atoms with van der Waals surface area (Å²) in [5, 5.41) is 11.2. The number of rotatable bonds is 4. The van der Waals surface area contributed by atoms with Crippen LogP contribution in [-0.4, -0.2) is 20.2 Å². The number of ether oxygens (including phenoxy) is 1. The molecule has 0 saturated carbocycles. The Morgan fingerprint density at radius 3 is 2.96 bits per heavy atom. The fraction of sp³-hybridized carbons (Fsp3) is 0.278. The fourth-order valence-corrected chi connectivity index (χ4v) is 3.86. The van der Waals surface area contributed by atoms with Crippen LogP contribution < -0.4 is 4.74 Å². The van der Waals surface area contributed by atoms with E-state index in [-0.39, 0.29) is 0 Å². The Bertz CT molecular complexity index is 1020. The highest BCUT2D eigenvalue weighted by Crippen LogP contribution is 2.36. The Kier molecular flexibility index (Phi) is 3.69. The van der Waals surface area contributed by atoms with Crippen molar-refractivity contribution in [1.82, 2.24) is 20.2 Å². The van der Waals surface area contributed by atoms with Crippen molar-refractivity contribution >= 4 is 32.5 Å². The molecule has 4 rings (SSSR count). The SMILES string of the molecule is Cc1nc(Oc2cccc3[nH]ncc23)c2c(CC(C)C)csc2n1. The number of aromatic nitrogens is 4. The van der Waals surface area contributed by atoms with Crippen molar-refractivity contribution in [2.45, 2.75) is 27.2 Å². The second-order valence-corrected chi connectivity index (χ2v) is 7.16. The third-order valence-electron chi connectivity index (χ3n) is 3.87. The van der Waals surface area contributed by atoms with E-state index in [1.165, 1.54) is 5.56 Å². The van der Waals surface area contributed by atoms with Gasteiger partial charge in [0.25, 0.3) is 0 Å². The molecule has 3 heterocycles. The van der Waals surface area contributed by atoms with Crippen LogP contribution in [0.15, 0.2) is 29.8 Å². The van der Waals surface area contributed by atoms with Crippen molar-refractivity contribution in [2.24, 2.45) is 5.92 Å². The van der Waals surface area contributed by atoms with Gasteiger partial charge in [0.2, 0.25) is 5.88 Å². The summed E-state index contributed by atoms with van der Waals surface area (Å²) in [6.45, 7) is 6.32. The molecule has 0 aliphatic rings. The number of nitrogens with zero attached hydrogens (tertiary/aromatic N) is 3. The number of thiophene rings is 1. The van der Waals surface area contributed by atoms with Crippen molar-refractivity contribution in [2.75, 3.05) is 0 Å². The standard InChI is InChI=1S/C18H18N4OS/c1-10(2)7-12-9-24-18-16(12)17(20-11(3)21-18)23-15-6-4-5-14-13(15)8-19-22-14/h4-6,8-10H,7H2,1-3H3,(H,19,22). The zero-order valence-electron chi connectivity index (χ0n) is 13.8. The lowest BCUT2D eigenvalue weighted by molar-refractivity contribution is 0.471. The molecule has 1 aromatic carbocycles. The number of aryl methyl sites for hydroxylation is 1. The van der Waals surface area contributed by atoms with E-state index in [9.17, 15) is 0 Å². The molecule has 0 fully saturated rings. The van der Waals surface area contributed by atoms with Crippen LogP contribution in [-0.2, 0) is 6.42 Å². The number of fused-ring (bicyclic) bond motifs is 2. The maximum Gasteiger partial charge on any atom is 0.231 e. The summed E-state index contributed by atoms with van der Waals surface area (Å²) >= 11 is 1.65. The van der Waals surface area contributed by atoms with E-state index in [1.54, 1.807) is 17.5 Å². The van der Waals surface area contributed by atoms with Gasteiger partial charge in [-0.3, -0.25) is 5.10 Å². The van der Waals surface area contributed by atoms with Gasteiger partial charge in [-0.2, -0.15) is 10.1 Å². The summed E-state index contributed by atoms with van der Waals surface area (Å²) in [6.07, 6.45) is 2.76. The lowest BCUT2D eigenvalue weighted by Gasteiger charge is -2.10. The molecule has 0 unspecified atom stereocenters. The summed E-state index contributed by atoms with van der Waals surface area (Å²) in [4.78, 5) is 10.1. The van der Waals surface area contributed by atoms with Crippen LogP contribution in [0.5, 0.6) is 11.6 Å². The number of H-pyrrole nitrogens is 1. The number of hydrogen-bond acceptors (Lipinski definition) is 5. The van der Waals surface area contributed by atoms with E-state index >= 15 is 0 Å². The predicted molar refractivity (Wildman–Crippen MR) is 96.9 cm³/mol. The van der Waals surface area contributed by atoms with Gasteiger partial charge in [-0.15, -0.1) is 11.3 Å². The lowest BCUT2D eigenvalue weighted by Crippen LogP contribution is -1.98. The minimum atomic E-state index is 0.564. The molecule has 0 amide bonds. The van der Waals surface area contributed by atoms with Crippen molar-refractivity contribution in [3.05, 3.63) is 41.2 Å². The first-order valence-corrected chi connectivity index (χ1v) is 8.84. The summed E-state index contributed by atoms with van der Waals surface area (Å²) < 4.78 is 6.22. The highest BCUT2D eigenvalue weighted by molar-refractivity contribution is 7.17. The van der Waals surface area contributed by atoms with Gasteiger partial charge in [-0.05, 0) is 42.3 Å². The maximum absolute atomic E-state index is 6.22. The van der Waals surface area contributed by atoms with Crippen molar-refractivity contribution in [3.8, 4) is 11.6 Å². The molecule has 5 nitrogen and oxygen atoms in total. The van der Waals surface area contributed by atoms with Crippen molar-refractivity contribution in [3.63, 3.8) is 0 Å². The molecule has 0 aliphatic heterocycles. The molecule has 0 aliphatic carbocycles. The molecule has 6 heteroatoms. The molecule has 0 bridgehead atoms. The van der Waals surface area contributed by atoms with Gasteiger partial charge in [-0.25, -0.2) is 4.98 Å². The molecule has 122 valence electrons. The van der Waals surface area contributed by atoms with Gasteiger partial charge < -0.3 is 4.74 Å². The quantitative estimate of drug-likeness (QED) is 0.577. The first kappa shape index (κ1) is 15.1. The first-order valence-electron chi connectivity index (χ1n) is 7.96. The smallest absolute Gasteiger partial charge is 0.231 e. The minimum absolute atomic E-state index is 0.564. The number of hydrogen-bond donors (Lipinski definition) is 1. The molecule has 1 N–H and O–H groups in total. The fourth-order valence-electron chi connectivity index (χ4n) is 2.87. The average Bonchev–Trinajstić information content (AvgIpc) is 3.14. The minimum Gasteiger partial charge on any atom is -0.437 e. The van der Waals surface area contributed by atoms with E-state index in [1.807, 2.05) is 25.1 Å². The van der Waals surface area contributed by atoms with Crippen LogP contribution in [0.4, 0.5) is 0 Å². The largest absolute Gasteiger partial charge is 0.437 e. The van der Waals surface area contributed by atoms with Gasteiger partial charge in [0.15, 0.2) is 0 Å². The summed E-state index contributed by atoms with van der Waals surface area (Å²) in [5.74, 6) is 2.66. The summed E-state index contributed by atoms with van der Waals surface area (Å²) in [6, 6.07) is 5.87. The second kappa shape index (κ2) is 5.87. The molecule has 3 aromatic heterocycles. The molecule has 0 atom stereocenters. The Balaban J connectivity index is 1.86. The van der Waals surface area contributed by atoms with Gasteiger partial charge in [-0.1, -0.05) is 19.9 Å². The lowest BCUT2D eigenvalue weighted by atomic mass is 10.0. The third-order valence-corrected chi connectivity index (χ3v) is 4.79. The van der Waals surface area contributed by atoms with Gasteiger partial charge in [0.1, 0.15) is 16.4 Å². The molecule has 0 saturated heterocycles. The number of benzene rings is 1. The average molecular weight is 338 g/mol. The van der Waals surface area contributed by atoms with E-state index in [2.05, 4.69) is 39.4 Å². The van der Waals surface area contributed by atoms with Gasteiger partial charge in [0, 0.05) is 0 Å². The molecular weight excluding hydrogens is 320 g/mol. The highest BCUT2D eigenvalue weighted by atomic mass is 32.1. The Labute approximate surface area is 143 Å². The second-order valence-electron chi connectivity index (χ2n) is 6.30. The third kappa shape index (κ3) is 2.63. The Morgan fingerprint density at radius 2 is 2.12 bits per heavy atom. The van der Waals surface area contributed by atoms with E-state index < -0.39 is 0 Å². The molecule has 0 spiro atoms. The molecule has 4 aromatic rings. The first-order chi connectivity index (χ1) is 11.6. The monoisotopic (exact) mass is 338 g/mol. The highest BCUT2D eigenvalue weighted by Gasteiger charge is 2.16. The zero-order chi connectivity index (χ0) is 16.7. The molecule has 24 heavy (non-hydrogen) atoms. The van der Waals surface area contributed by atoms with Crippen LogP contribution >= 0.6 is 11.3 Å². The van der Waals surface area contributed by atoms with E-state index in [0.29, 0.717) is 11.8 Å². The summed E-state index contributed by atoms with van der Waals surface area (Å²) in [7, 11) is 0. The van der Waals surface area contributed by atoms with Crippen LogP contribution in [0.3, 0.4) is 0 Å².